The predicted octanol–water partition coefficient (Wildman–Crippen LogP) is 2.31. The van der Waals surface area contributed by atoms with E-state index in [2.05, 4.69) is 57.9 Å². The maximum atomic E-state index is 4.87. The van der Waals surface area contributed by atoms with Crippen molar-refractivity contribution in [1.29, 1.82) is 0 Å². The Morgan fingerprint density at radius 1 is 1.04 bits per heavy atom. The van der Waals surface area contributed by atoms with E-state index in [-0.39, 0.29) is 0 Å². The van der Waals surface area contributed by atoms with E-state index < -0.39 is 0 Å². The van der Waals surface area contributed by atoms with Gasteiger partial charge in [-0.3, -0.25) is 0 Å². The molecular weight excluding hydrogens is 286 g/mol. The second kappa shape index (κ2) is 5.81. The summed E-state index contributed by atoms with van der Waals surface area (Å²) in [6.45, 7) is 6.47. The van der Waals surface area contributed by atoms with Gasteiger partial charge in [0, 0.05) is 44.1 Å². The number of hydrogen-bond acceptors (Lipinski definition) is 5. The third kappa shape index (κ3) is 2.65. The van der Waals surface area contributed by atoms with Gasteiger partial charge in [0.2, 0.25) is 5.95 Å². The van der Waals surface area contributed by atoms with Crippen molar-refractivity contribution in [1.82, 2.24) is 14.9 Å². The van der Waals surface area contributed by atoms with Crippen LogP contribution in [0.5, 0.6) is 0 Å². The molecule has 0 spiro atoms. The summed E-state index contributed by atoms with van der Waals surface area (Å²) in [5, 5.41) is 0. The van der Waals surface area contributed by atoms with Crippen LogP contribution in [0.15, 0.2) is 36.5 Å². The number of likely N-dealkylation sites (N-methyl/N-ethyl adjacent to an activating group) is 1. The Kier molecular flexibility index (Phi) is 3.65. The molecule has 1 aromatic carbocycles. The van der Waals surface area contributed by atoms with Crippen molar-refractivity contribution in [2.24, 2.45) is 0 Å². The average molecular weight is 309 g/mol. The molecule has 2 aliphatic heterocycles. The van der Waals surface area contributed by atoms with Crippen molar-refractivity contribution in [2.45, 2.75) is 19.4 Å². The zero-order valence-corrected chi connectivity index (χ0v) is 13.8. The van der Waals surface area contributed by atoms with Crippen molar-refractivity contribution in [3.8, 4) is 0 Å². The van der Waals surface area contributed by atoms with Gasteiger partial charge in [-0.1, -0.05) is 18.2 Å². The molecule has 1 unspecified atom stereocenters. The second-order valence-electron chi connectivity index (χ2n) is 6.56. The molecule has 23 heavy (non-hydrogen) atoms. The van der Waals surface area contributed by atoms with Gasteiger partial charge < -0.3 is 14.7 Å². The number of piperazine rings is 1. The first-order valence-electron chi connectivity index (χ1n) is 8.36. The molecule has 120 valence electrons. The number of benzene rings is 1. The standard InChI is InChI=1S/C18H23N5/c1-14-13-15-5-3-4-6-16(15)23(14)18-19-8-7-17(20-18)22-11-9-21(2)10-12-22/h3-8,14H,9-13H2,1-2H3. The summed E-state index contributed by atoms with van der Waals surface area (Å²) in [6, 6.07) is 11.0. The summed E-state index contributed by atoms with van der Waals surface area (Å²) in [5.74, 6) is 1.86. The minimum absolute atomic E-state index is 0.398. The van der Waals surface area contributed by atoms with Crippen LogP contribution in [-0.4, -0.2) is 54.1 Å². The topological polar surface area (TPSA) is 35.5 Å². The molecule has 0 N–H and O–H groups in total. The van der Waals surface area contributed by atoms with Gasteiger partial charge >= 0.3 is 0 Å². The van der Waals surface area contributed by atoms with E-state index in [1.807, 2.05) is 12.3 Å². The summed E-state index contributed by atoms with van der Waals surface area (Å²) in [7, 11) is 2.17. The van der Waals surface area contributed by atoms with Crippen LogP contribution in [0.25, 0.3) is 0 Å². The fourth-order valence-corrected chi connectivity index (χ4v) is 3.54. The number of rotatable bonds is 2. The molecule has 0 amide bonds. The van der Waals surface area contributed by atoms with Crippen molar-refractivity contribution in [3.05, 3.63) is 42.1 Å². The smallest absolute Gasteiger partial charge is 0.232 e. The van der Waals surface area contributed by atoms with Crippen LogP contribution in [0.3, 0.4) is 0 Å². The highest BCUT2D eigenvalue weighted by molar-refractivity contribution is 5.67. The summed E-state index contributed by atoms with van der Waals surface area (Å²) in [5.41, 5.74) is 2.63. The third-order valence-electron chi connectivity index (χ3n) is 4.88. The molecule has 2 aliphatic rings. The van der Waals surface area contributed by atoms with E-state index in [0.717, 1.165) is 44.4 Å². The van der Waals surface area contributed by atoms with Gasteiger partial charge in [0.1, 0.15) is 5.82 Å². The van der Waals surface area contributed by atoms with Crippen LogP contribution in [0, 0.1) is 0 Å². The summed E-state index contributed by atoms with van der Waals surface area (Å²) in [4.78, 5) is 16.4. The number of anilines is 3. The molecule has 5 nitrogen and oxygen atoms in total. The van der Waals surface area contributed by atoms with Crippen molar-refractivity contribution >= 4 is 17.5 Å². The van der Waals surface area contributed by atoms with Crippen molar-refractivity contribution < 1.29 is 0 Å². The molecule has 4 rings (SSSR count). The van der Waals surface area contributed by atoms with Gasteiger partial charge in [-0.15, -0.1) is 0 Å². The van der Waals surface area contributed by atoms with Gasteiger partial charge in [0.05, 0.1) is 0 Å². The van der Waals surface area contributed by atoms with Crippen LogP contribution in [-0.2, 0) is 6.42 Å². The van der Waals surface area contributed by atoms with E-state index >= 15 is 0 Å². The first-order valence-corrected chi connectivity index (χ1v) is 8.36. The van der Waals surface area contributed by atoms with Crippen LogP contribution in [0.4, 0.5) is 17.5 Å². The third-order valence-corrected chi connectivity index (χ3v) is 4.88. The largest absolute Gasteiger partial charge is 0.354 e. The number of fused-ring (bicyclic) bond motifs is 1. The zero-order valence-electron chi connectivity index (χ0n) is 13.8. The highest BCUT2D eigenvalue weighted by atomic mass is 15.3. The molecule has 1 fully saturated rings. The van der Waals surface area contributed by atoms with E-state index in [0.29, 0.717) is 6.04 Å². The molecule has 0 saturated carbocycles. The van der Waals surface area contributed by atoms with Gasteiger partial charge in [-0.25, -0.2) is 4.98 Å². The maximum absolute atomic E-state index is 4.87. The van der Waals surface area contributed by atoms with Gasteiger partial charge in [-0.05, 0) is 38.1 Å². The molecule has 0 radical (unpaired) electrons. The Bertz CT molecular complexity index is 693. The lowest BCUT2D eigenvalue weighted by Gasteiger charge is -2.33. The molecule has 5 heteroatoms. The van der Waals surface area contributed by atoms with E-state index in [1.165, 1.54) is 11.3 Å². The predicted molar refractivity (Wildman–Crippen MR) is 93.5 cm³/mol. The minimum Gasteiger partial charge on any atom is -0.354 e. The van der Waals surface area contributed by atoms with Crippen LogP contribution >= 0.6 is 0 Å². The number of para-hydroxylation sites is 1. The van der Waals surface area contributed by atoms with E-state index in [1.54, 1.807) is 0 Å². The number of nitrogens with zero attached hydrogens (tertiary/aromatic N) is 5. The lowest BCUT2D eigenvalue weighted by Crippen LogP contribution is -2.45. The Morgan fingerprint density at radius 2 is 1.83 bits per heavy atom. The quantitative estimate of drug-likeness (QED) is 0.851. The SMILES string of the molecule is CC1Cc2ccccc2N1c1nccc(N2CCN(C)CC2)n1. The van der Waals surface area contributed by atoms with Crippen LogP contribution in [0.2, 0.25) is 0 Å². The Morgan fingerprint density at radius 3 is 2.65 bits per heavy atom. The summed E-state index contributed by atoms with van der Waals surface area (Å²) < 4.78 is 0. The van der Waals surface area contributed by atoms with Gasteiger partial charge in [0.25, 0.3) is 0 Å². The minimum atomic E-state index is 0.398. The molecule has 0 aliphatic carbocycles. The van der Waals surface area contributed by atoms with Crippen LogP contribution < -0.4 is 9.80 Å². The molecule has 1 aromatic heterocycles. The first-order chi connectivity index (χ1) is 11.2. The van der Waals surface area contributed by atoms with E-state index in [9.17, 15) is 0 Å². The first kappa shape index (κ1) is 14.5. The van der Waals surface area contributed by atoms with Gasteiger partial charge in [0.15, 0.2) is 0 Å². The summed E-state index contributed by atoms with van der Waals surface area (Å²) in [6.07, 6.45) is 2.95. The monoisotopic (exact) mass is 309 g/mol. The molecule has 0 bridgehead atoms. The van der Waals surface area contributed by atoms with E-state index in [4.69, 9.17) is 4.98 Å². The highest BCUT2D eigenvalue weighted by Crippen LogP contribution is 2.36. The zero-order chi connectivity index (χ0) is 15.8. The average Bonchev–Trinajstić information content (AvgIpc) is 2.91. The number of hydrogen-bond donors (Lipinski definition) is 0. The lowest BCUT2D eigenvalue weighted by atomic mass is 10.1. The van der Waals surface area contributed by atoms with Crippen LogP contribution in [0.1, 0.15) is 12.5 Å². The Balaban J connectivity index is 1.64. The molecule has 2 aromatic rings. The summed E-state index contributed by atoms with van der Waals surface area (Å²) >= 11 is 0. The maximum Gasteiger partial charge on any atom is 0.232 e. The highest BCUT2D eigenvalue weighted by Gasteiger charge is 2.29. The normalized spacial score (nSPS) is 21.6. The molecular formula is C18H23N5. The second-order valence-corrected chi connectivity index (χ2v) is 6.56. The number of aromatic nitrogens is 2. The fourth-order valence-electron chi connectivity index (χ4n) is 3.54. The van der Waals surface area contributed by atoms with Gasteiger partial charge in [-0.2, -0.15) is 4.98 Å². The van der Waals surface area contributed by atoms with Crippen molar-refractivity contribution in [3.63, 3.8) is 0 Å². The Labute approximate surface area is 137 Å². The molecule has 1 atom stereocenters. The van der Waals surface area contributed by atoms with Crippen molar-refractivity contribution in [2.75, 3.05) is 43.0 Å². The lowest BCUT2D eigenvalue weighted by molar-refractivity contribution is 0.312. The Hall–Kier alpha value is -2.14. The fraction of sp³-hybridized carbons (Fsp3) is 0.444. The molecule has 1 saturated heterocycles. The molecule has 3 heterocycles.